The molecule has 2 aliphatic rings. The van der Waals surface area contributed by atoms with Gasteiger partial charge in [0.2, 0.25) is 11.8 Å². The lowest BCUT2D eigenvalue weighted by Crippen LogP contribution is -2.48. The summed E-state index contributed by atoms with van der Waals surface area (Å²) in [5.74, 6) is -0.507. The van der Waals surface area contributed by atoms with E-state index in [-0.39, 0.29) is 24.8 Å². The predicted molar refractivity (Wildman–Crippen MR) is 99.7 cm³/mol. The van der Waals surface area contributed by atoms with E-state index in [1.54, 1.807) is 23.2 Å². The van der Waals surface area contributed by atoms with Crippen LogP contribution >= 0.6 is 23.5 Å². The van der Waals surface area contributed by atoms with Crippen molar-refractivity contribution >= 4 is 47.1 Å². The van der Waals surface area contributed by atoms with Crippen LogP contribution in [0.5, 0.6) is 0 Å². The van der Waals surface area contributed by atoms with Gasteiger partial charge in [-0.25, -0.2) is 4.79 Å². The second-order valence-corrected chi connectivity index (χ2v) is 7.40. The Morgan fingerprint density at radius 1 is 1.32 bits per heavy atom. The zero-order chi connectivity index (χ0) is 17.8. The van der Waals surface area contributed by atoms with Gasteiger partial charge < -0.3 is 5.32 Å². The molecular weight excluding hydrogens is 358 g/mol. The van der Waals surface area contributed by atoms with Crippen molar-refractivity contribution in [1.82, 2.24) is 10.2 Å². The number of benzene rings is 1. The van der Waals surface area contributed by atoms with Crippen molar-refractivity contribution in [3.8, 4) is 0 Å². The van der Waals surface area contributed by atoms with Crippen LogP contribution in [0.25, 0.3) is 0 Å². The summed E-state index contributed by atoms with van der Waals surface area (Å²) in [7, 11) is 0. The van der Waals surface area contributed by atoms with Crippen LogP contribution in [0.2, 0.25) is 0 Å². The SMILES string of the molecule is CSc1ccc(CNC(=O)CCN2C(=O)N=C3C=CSC3C2=O)cc1. The molecule has 0 bridgehead atoms. The summed E-state index contributed by atoms with van der Waals surface area (Å²) in [6.45, 7) is 0.461. The van der Waals surface area contributed by atoms with E-state index in [2.05, 4.69) is 10.3 Å². The Morgan fingerprint density at radius 2 is 2.08 bits per heavy atom. The summed E-state index contributed by atoms with van der Waals surface area (Å²) in [5, 5.41) is 4.11. The standard InChI is InChI=1S/C17H17N3O3S2/c1-24-12-4-2-11(3-5-12)10-18-14(21)6-8-20-16(22)15-13(7-9-25-15)19-17(20)23/h2-5,7,9,15H,6,8,10H2,1H3,(H,18,21). The molecule has 0 fully saturated rings. The van der Waals surface area contributed by atoms with Crippen LogP contribution in [0.3, 0.4) is 0 Å². The Balaban J connectivity index is 1.49. The quantitative estimate of drug-likeness (QED) is 0.773. The van der Waals surface area contributed by atoms with E-state index in [9.17, 15) is 14.4 Å². The first-order valence-corrected chi connectivity index (χ1v) is 9.91. The van der Waals surface area contributed by atoms with Gasteiger partial charge in [0.15, 0.2) is 0 Å². The van der Waals surface area contributed by atoms with Crippen molar-refractivity contribution in [3.63, 3.8) is 0 Å². The van der Waals surface area contributed by atoms with Crippen molar-refractivity contribution in [1.29, 1.82) is 0 Å². The van der Waals surface area contributed by atoms with Gasteiger partial charge >= 0.3 is 6.03 Å². The van der Waals surface area contributed by atoms with Crippen LogP contribution in [0, 0.1) is 0 Å². The number of aliphatic imine (C=N–C) groups is 1. The van der Waals surface area contributed by atoms with E-state index in [1.807, 2.05) is 30.5 Å². The number of allylic oxidation sites excluding steroid dienone is 1. The number of imide groups is 1. The molecule has 1 N–H and O–H groups in total. The first kappa shape index (κ1) is 17.8. The van der Waals surface area contributed by atoms with Gasteiger partial charge in [-0.1, -0.05) is 12.1 Å². The molecule has 0 radical (unpaired) electrons. The van der Waals surface area contributed by atoms with Gasteiger partial charge in [-0.3, -0.25) is 14.5 Å². The summed E-state index contributed by atoms with van der Waals surface area (Å²) in [6.07, 6.45) is 3.75. The largest absolute Gasteiger partial charge is 0.352 e. The highest BCUT2D eigenvalue weighted by molar-refractivity contribution is 8.04. The minimum Gasteiger partial charge on any atom is -0.352 e. The highest BCUT2D eigenvalue weighted by Gasteiger charge is 2.38. The number of hydrogen-bond acceptors (Lipinski definition) is 5. The summed E-state index contributed by atoms with van der Waals surface area (Å²) < 4.78 is 0. The third kappa shape index (κ3) is 4.13. The number of amides is 4. The number of nitrogens with one attached hydrogen (secondary N) is 1. The zero-order valence-electron chi connectivity index (χ0n) is 13.6. The maximum Gasteiger partial charge on any atom is 0.350 e. The van der Waals surface area contributed by atoms with Crippen LogP contribution < -0.4 is 5.32 Å². The average molecular weight is 375 g/mol. The number of carbonyl (C=O) groups is 3. The molecule has 1 aromatic rings. The Bertz CT molecular complexity index is 759. The van der Waals surface area contributed by atoms with E-state index < -0.39 is 11.3 Å². The number of fused-ring (bicyclic) bond motifs is 1. The van der Waals surface area contributed by atoms with Gasteiger partial charge in [0.05, 0.1) is 5.71 Å². The van der Waals surface area contributed by atoms with Gasteiger partial charge in [0.1, 0.15) is 5.25 Å². The van der Waals surface area contributed by atoms with Crippen LogP contribution in [0.4, 0.5) is 4.79 Å². The molecule has 1 unspecified atom stereocenters. The fourth-order valence-corrected chi connectivity index (χ4v) is 3.78. The minimum atomic E-state index is -0.594. The lowest BCUT2D eigenvalue weighted by Gasteiger charge is -2.25. The molecule has 1 aromatic carbocycles. The highest BCUT2D eigenvalue weighted by atomic mass is 32.2. The Morgan fingerprint density at radius 3 is 2.80 bits per heavy atom. The second kappa shape index (κ2) is 7.88. The molecule has 130 valence electrons. The molecule has 25 heavy (non-hydrogen) atoms. The third-order valence-corrected chi connectivity index (χ3v) is 5.63. The topological polar surface area (TPSA) is 78.8 Å². The molecule has 3 rings (SSSR count). The van der Waals surface area contributed by atoms with Crippen molar-refractivity contribution in [2.45, 2.75) is 23.1 Å². The molecule has 1 atom stereocenters. The fourth-order valence-electron chi connectivity index (χ4n) is 2.48. The molecule has 2 heterocycles. The van der Waals surface area contributed by atoms with Gasteiger partial charge in [-0.05, 0) is 35.4 Å². The number of thioether (sulfide) groups is 2. The number of rotatable bonds is 6. The molecule has 4 amide bonds. The van der Waals surface area contributed by atoms with Crippen molar-refractivity contribution in [2.75, 3.05) is 12.8 Å². The summed E-state index contributed by atoms with van der Waals surface area (Å²) >= 11 is 2.99. The Hall–Kier alpha value is -2.06. The predicted octanol–water partition coefficient (Wildman–Crippen LogP) is 2.45. The molecular formula is C17H17N3O3S2. The molecule has 0 spiro atoms. The highest BCUT2D eigenvalue weighted by Crippen LogP contribution is 2.27. The van der Waals surface area contributed by atoms with Crippen molar-refractivity contribution in [3.05, 3.63) is 41.3 Å². The van der Waals surface area contributed by atoms with Gasteiger partial charge in [-0.15, -0.1) is 23.5 Å². The maximum absolute atomic E-state index is 12.3. The van der Waals surface area contributed by atoms with Crippen molar-refractivity contribution in [2.24, 2.45) is 4.99 Å². The lowest BCUT2D eigenvalue weighted by molar-refractivity contribution is -0.127. The fraction of sp³-hybridized carbons (Fsp3) is 0.294. The zero-order valence-corrected chi connectivity index (χ0v) is 15.2. The monoisotopic (exact) mass is 375 g/mol. The van der Waals surface area contributed by atoms with Crippen LogP contribution in [-0.2, 0) is 16.1 Å². The average Bonchev–Trinajstić information content (AvgIpc) is 3.08. The number of urea groups is 1. The minimum absolute atomic E-state index is 0.0444. The first-order chi connectivity index (χ1) is 12.1. The number of nitrogens with zero attached hydrogens (tertiary/aromatic N) is 2. The van der Waals surface area contributed by atoms with Gasteiger partial charge in [0, 0.05) is 24.4 Å². The molecule has 0 saturated heterocycles. The Kier molecular flexibility index (Phi) is 5.60. The van der Waals surface area contributed by atoms with Crippen molar-refractivity contribution < 1.29 is 14.4 Å². The normalized spacial score (nSPS) is 19.0. The second-order valence-electron chi connectivity index (χ2n) is 5.50. The number of carbonyl (C=O) groups excluding carboxylic acids is 3. The molecule has 0 saturated carbocycles. The van der Waals surface area contributed by atoms with E-state index >= 15 is 0 Å². The van der Waals surface area contributed by atoms with E-state index in [4.69, 9.17) is 0 Å². The van der Waals surface area contributed by atoms with Crippen LogP contribution in [0.1, 0.15) is 12.0 Å². The Labute approximate surface area is 154 Å². The van der Waals surface area contributed by atoms with E-state index in [0.29, 0.717) is 12.3 Å². The molecule has 0 aliphatic carbocycles. The summed E-state index contributed by atoms with van der Waals surface area (Å²) in [4.78, 5) is 42.4. The van der Waals surface area contributed by atoms with E-state index in [0.717, 1.165) is 15.4 Å². The van der Waals surface area contributed by atoms with Crippen LogP contribution in [0.15, 0.2) is 45.6 Å². The summed E-state index contributed by atoms with van der Waals surface area (Å²) in [6, 6.07) is 7.33. The van der Waals surface area contributed by atoms with Crippen LogP contribution in [-0.4, -0.2) is 46.5 Å². The molecule has 6 nitrogen and oxygen atoms in total. The number of hydrogen-bond donors (Lipinski definition) is 1. The molecule has 2 aliphatic heterocycles. The maximum atomic E-state index is 12.3. The van der Waals surface area contributed by atoms with Gasteiger partial charge in [0.25, 0.3) is 0 Å². The first-order valence-electron chi connectivity index (χ1n) is 7.74. The molecule has 8 heteroatoms. The lowest BCUT2D eigenvalue weighted by atomic mass is 10.2. The summed E-state index contributed by atoms with van der Waals surface area (Å²) in [5.41, 5.74) is 1.49. The third-order valence-electron chi connectivity index (χ3n) is 3.88. The van der Waals surface area contributed by atoms with E-state index in [1.165, 1.54) is 11.8 Å². The smallest absolute Gasteiger partial charge is 0.350 e. The molecule has 0 aromatic heterocycles. The van der Waals surface area contributed by atoms with Gasteiger partial charge in [-0.2, -0.15) is 4.99 Å².